The lowest BCUT2D eigenvalue weighted by atomic mass is 9.94. The number of carboxylic acids is 1. The maximum Gasteiger partial charge on any atom is 0.303 e. The number of hydroxylamine groups is 2. The highest BCUT2D eigenvalue weighted by Gasteiger charge is 2.51. The monoisotopic (exact) mass is 258 g/mol. The number of nitrogens with one attached hydrogen (secondary N) is 1. The van der Waals surface area contributed by atoms with Gasteiger partial charge < -0.3 is 15.6 Å². The third kappa shape index (κ3) is 3.00. The minimum absolute atomic E-state index is 0.0340. The van der Waals surface area contributed by atoms with E-state index in [1.807, 2.05) is 27.7 Å². The number of carboxylic acid groups (broad SMARTS) is 1. The van der Waals surface area contributed by atoms with Crippen molar-refractivity contribution in [2.75, 3.05) is 0 Å². The number of aliphatic carboxylic acids is 1. The van der Waals surface area contributed by atoms with Crippen LogP contribution in [0.5, 0.6) is 0 Å². The van der Waals surface area contributed by atoms with E-state index >= 15 is 0 Å². The number of rotatable bonds is 4. The van der Waals surface area contributed by atoms with Crippen LogP contribution in [-0.4, -0.2) is 44.4 Å². The molecule has 0 spiro atoms. The van der Waals surface area contributed by atoms with E-state index in [9.17, 15) is 14.8 Å². The van der Waals surface area contributed by atoms with E-state index in [-0.39, 0.29) is 24.8 Å². The number of carbonyl (C=O) groups is 2. The summed E-state index contributed by atoms with van der Waals surface area (Å²) in [6.07, 6.45) is 0.411. The Morgan fingerprint density at radius 1 is 1.28 bits per heavy atom. The zero-order valence-electron chi connectivity index (χ0n) is 11.4. The van der Waals surface area contributed by atoms with Crippen molar-refractivity contribution in [2.24, 2.45) is 0 Å². The lowest BCUT2D eigenvalue weighted by Gasteiger charge is -2.35. The molecule has 0 aromatic carbocycles. The predicted molar refractivity (Wildman–Crippen MR) is 65.2 cm³/mol. The summed E-state index contributed by atoms with van der Waals surface area (Å²) in [6, 6.07) is -0.196. The van der Waals surface area contributed by atoms with Gasteiger partial charge in [-0.2, -0.15) is 5.06 Å². The molecule has 18 heavy (non-hydrogen) atoms. The number of hydrogen-bond donors (Lipinski definition) is 3. The SMILES string of the molecule is CC1(C)CC(NC(=O)CCC(=O)O)C(C)(C)N1O. The molecule has 0 saturated carbocycles. The fraction of sp³-hybridized carbons (Fsp3) is 0.833. The largest absolute Gasteiger partial charge is 0.481 e. The summed E-state index contributed by atoms with van der Waals surface area (Å²) in [5, 5.41) is 22.7. The summed E-state index contributed by atoms with van der Waals surface area (Å²) < 4.78 is 0. The molecule has 104 valence electrons. The Balaban J connectivity index is 2.63. The van der Waals surface area contributed by atoms with Crippen LogP contribution in [0.1, 0.15) is 47.0 Å². The van der Waals surface area contributed by atoms with Crippen molar-refractivity contribution >= 4 is 11.9 Å². The normalized spacial score (nSPS) is 25.9. The van der Waals surface area contributed by atoms with Gasteiger partial charge in [0.2, 0.25) is 5.91 Å². The topological polar surface area (TPSA) is 89.9 Å². The molecule has 0 aromatic heterocycles. The molecule has 1 unspecified atom stereocenters. The first-order chi connectivity index (χ1) is 8.07. The van der Waals surface area contributed by atoms with E-state index in [4.69, 9.17) is 5.11 Å². The highest BCUT2D eigenvalue weighted by molar-refractivity contribution is 5.80. The van der Waals surface area contributed by atoms with Gasteiger partial charge in [-0.1, -0.05) is 0 Å². The quantitative estimate of drug-likeness (QED) is 0.699. The summed E-state index contributed by atoms with van der Waals surface area (Å²) >= 11 is 0. The smallest absolute Gasteiger partial charge is 0.303 e. The van der Waals surface area contributed by atoms with Gasteiger partial charge in [-0.05, 0) is 34.1 Å². The Morgan fingerprint density at radius 2 is 1.83 bits per heavy atom. The Morgan fingerprint density at radius 3 is 2.22 bits per heavy atom. The van der Waals surface area contributed by atoms with Gasteiger partial charge >= 0.3 is 5.97 Å². The zero-order chi connectivity index (χ0) is 14.1. The van der Waals surface area contributed by atoms with Gasteiger partial charge in [0, 0.05) is 12.0 Å². The molecule has 6 nitrogen and oxygen atoms in total. The first-order valence-electron chi connectivity index (χ1n) is 6.08. The minimum Gasteiger partial charge on any atom is -0.481 e. The Bertz CT molecular complexity index is 352. The molecule has 1 aliphatic rings. The Kier molecular flexibility index (Phi) is 4.02. The van der Waals surface area contributed by atoms with Gasteiger partial charge in [0.1, 0.15) is 0 Å². The summed E-state index contributed by atoms with van der Waals surface area (Å²) in [5.74, 6) is -1.28. The summed E-state index contributed by atoms with van der Waals surface area (Å²) in [5.41, 5.74) is -0.976. The average molecular weight is 258 g/mol. The summed E-state index contributed by atoms with van der Waals surface area (Å²) in [7, 11) is 0. The molecule has 1 rings (SSSR count). The van der Waals surface area contributed by atoms with Crippen molar-refractivity contribution in [3.63, 3.8) is 0 Å². The number of amides is 1. The zero-order valence-corrected chi connectivity index (χ0v) is 11.4. The molecule has 0 bridgehead atoms. The molecular weight excluding hydrogens is 236 g/mol. The van der Waals surface area contributed by atoms with Gasteiger partial charge in [0.05, 0.1) is 18.0 Å². The van der Waals surface area contributed by atoms with E-state index in [1.165, 1.54) is 5.06 Å². The molecule has 0 aliphatic carbocycles. The van der Waals surface area contributed by atoms with Crippen LogP contribution >= 0.6 is 0 Å². The molecule has 0 radical (unpaired) electrons. The van der Waals surface area contributed by atoms with Crippen molar-refractivity contribution in [1.29, 1.82) is 0 Å². The number of nitrogens with zero attached hydrogens (tertiary/aromatic N) is 1. The molecule has 1 aliphatic heterocycles. The van der Waals surface area contributed by atoms with Crippen LogP contribution in [0.25, 0.3) is 0 Å². The standard InChI is InChI=1S/C12H22N2O4/c1-11(2)7-8(12(3,4)14(11)18)13-9(15)5-6-10(16)17/h8,18H,5-7H2,1-4H3,(H,13,15)(H,16,17). The molecular formula is C12H22N2O4. The van der Waals surface area contributed by atoms with Crippen LogP contribution < -0.4 is 5.32 Å². The maximum absolute atomic E-state index is 11.6. The molecule has 1 fully saturated rings. The highest BCUT2D eigenvalue weighted by Crippen LogP contribution is 2.38. The molecule has 0 aromatic rings. The van der Waals surface area contributed by atoms with Gasteiger partial charge in [0.15, 0.2) is 0 Å². The van der Waals surface area contributed by atoms with Crippen LogP contribution in [0.15, 0.2) is 0 Å². The summed E-state index contributed by atoms with van der Waals surface area (Å²) in [6.45, 7) is 7.50. The van der Waals surface area contributed by atoms with E-state index in [1.54, 1.807) is 0 Å². The predicted octanol–water partition coefficient (Wildman–Crippen LogP) is 0.988. The Hall–Kier alpha value is -1.14. The third-order valence-electron chi connectivity index (χ3n) is 3.58. The Labute approximate surface area is 107 Å². The van der Waals surface area contributed by atoms with E-state index in [2.05, 4.69) is 5.32 Å². The average Bonchev–Trinajstić information content (AvgIpc) is 2.37. The number of hydrogen-bond acceptors (Lipinski definition) is 4. The van der Waals surface area contributed by atoms with Crippen molar-refractivity contribution < 1.29 is 19.9 Å². The van der Waals surface area contributed by atoms with E-state index in [0.717, 1.165) is 0 Å². The van der Waals surface area contributed by atoms with Crippen LogP contribution in [0, 0.1) is 0 Å². The van der Waals surface area contributed by atoms with Crippen LogP contribution in [0.4, 0.5) is 0 Å². The minimum atomic E-state index is -0.986. The second-order valence-corrected chi connectivity index (χ2v) is 6.00. The summed E-state index contributed by atoms with van der Waals surface area (Å²) in [4.78, 5) is 22.0. The molecule has 3 N–H and O–H groups in total. The van der Waals surface area contributed by atoms with Crippen molar-refractivity contribution in [3.8, 4) is 0 Å². The molecule has 1 heterocycles. The van der Waals surface area contributed by atoms with Gasteiger partial charge in [-0.15, -0.1) is 0 Å². The van der Waals surface area contributed by atoms with Crippen molar-refractivity contribution in [1.82, 2.24) is 10.4 Å². The fourth-order valence-electron chi connectivity index (χ4n) is 2.48. The van der Waals surface area contributed by atoms with E-state index < -0.39 is 17.0 Å². The van der Waals surface area contributed by atoms with Crippen molar-refractivity contribution in [2.45, 2.75) is 64.1 Å². The van der Waals surface area contributed by atoms with Gasteiger partial charge in [-0.25, -0.2) is 0 Å². The van der Waals surface area contributed by atoms with Crippen LogP contribution in [0.3, 0.4) is 0 Å². The van der Waals surface area contributed by atoms with Crippen LogP contribution in [-0.2, 0) is 9.59 Å². The second kappa shape index (κ2) is 4.85. The van der Waals surface area contributed by atoms with Crippen molar-refractivity contribution in [3.05, 3.63) is 0 Å². The second-order valence-electron chi connectivity index (χ2n) is 6.00. The lowest BCUT2D eigenvalue weighted by molar-refractivity contribution is -0.194. The maximum atomic E-state index is 11.6. The molecule has 6 heteroatoms. The highest BCUT2D eigenvalue weighted by atomic mass is 16.5. The van der Waals surface area contributed by atoms with Crippen LogP contribution in [0.2, 0.25) is 0 Å². The van der Waals surface area contributed by atoms with Gasteiger partial charge in [0.25, 0.3) is 0 Å². The molecule has 1 atom stereocenters. The lowest BCUT2D eigenvalue weighted by Crippen LogP contribution is -2.53. The number of carbonyl (C=O) groups excluding carboxylic acids is 1. The third-order valence-corrected chi connectivity index (χ3v) is 3.58. The first-order valence-corrected chi connectivity index (χ1v) is 6.08. The first kappa shape index (κ1) is 14.9. The van der Waals surface area contributed by atoms with E-state index in [0.29, 0.717) is 6.42 Å². The molecule has 1 saturated heterocycles. The fourth-order valence-corrected chi connectivity index (χ4v) is 2.48. The molecule has 1 amide bonds. The van der Waals surface area contributed by atoms with Gasteiger partial charge in [-0.3, -0.25) is 9.59 Å².